The third-order valence-corrected chi connectivity index (χ3v) is 4.46. The van der Waals surface area contributed by atoms with E-state index in [1.807, 2.05) is 12.5 Å². The van der Waals surface area contributed by atoms with Crippen molar-refractivity contribution < 1.29 is 0 Å². The van der Waals surface area contributed by atoms with Crippen LogP contribution in [0.3, 0.4) is 0 Å². The number of benzene rings is 2. The Balaban J connectivity index is 1.74. The van der Waals surface area contributed by atoms with Crippen LogP contribution in [0.4, 0.5) is 0 Å². The molecule has 0 radical (unpaired) electrons. The maximum atomic E-state index is 4.19. The SMILES string of the molecule is CC(CCc1ccccc1)(Cc1ccccc1)Cn1ccnc1. The Bertz CT molecular complexity index is 689. The Labute approximate surface area is 138 Å². The highest BCUT2D eigenvalue weighted by molar-refractivity contribution is 5.18. The van der Waals surface area contributed by atoms with Crippen LogP contribution < -0.4 is 0 Å². The van der Waals surface area contributed by atoms with Crippen molar-refractivity contribution in [2.24, 2.45) is 5.41 Å². The molecule has 0 saturated carbocycles. The summed E-state index contributed by atoms with van der Waals surface area (Å²) in [6, 6.07) is 21.6. The van der Waals surface area contributed by atoms with E-state index >= 15 is 0 Å². The molecule has 0 spiro atoms. The van der Waals surface area contributed by atoms with Gasteiger partial charge in [-0.05, 0) is 35.8 Å². The lowest BCUT2D eigenvalue weighted by molar-refractivity contribution is 0.247. The molecule has 2 aromatic carbocycles. The van der Waals surface area contributed by atoms with E-state index in [9.17, 15) is 0 Å². The molecule has 23 heavy (non-hydrogen) atoms. The van der Waals surface area contributed by atoms with Gasteiger partial charge in [0.25, 0.3) is 0 Å². The normalized spacial score (nSPS) is 13.6. The fourth-order valence-electron chi connectivity index (χ4n) is 3.22. The van der Waals surface area contributed by atoms with Crippen LogP contribution in [0, 0.1) is 5.41 Å². The Hall–Kier alpha value is -2.35. The van der Waals surface area contributed by atoms with Crippen molar-refractivity contribution in [1.29, 1.82) is 0 Å². The van der Waals surface area contributed by atoms with Crippen LogP contribution in [0.1, 0.15) is 24.5 Å². The number of aryl methyl sites for hydroxylation is 1. The fourth-order valence-corrected chi connectivity index (χ4v) is 3.22. The van der Waals surface area contributed by atoms with E-state index in [4.69, 9.17) is 0 Å². The number of nitrogens with zero attached hydrogens (tertiary/aromatic N) is 2. The summed E-state index contributed by atoms with van der Waals surface area (Å²) in [5.41, 5.74) is 3.03. The van der Waals surface area contributed by atoms with Crippen LogP contribution in [-0.2, 0) is 19.4 Å². The van der Waals surface area contributed by atoms with Crippen LogP contribution in [0.2, 0.25) is 0 Å². The zero-order valence-electron chi connectivity index (χ0n) is 13.7. The second-order valence-corrected chi connectivity index (χ2v) is 6.69. The molecule has 1 unspecified atom stereocenters. The van der Waals surface area contributed by atoms with Crippen LogP contribution in [0.25, 0.3) is 0 Å². The summed E-state index contributed by atoms with van der Waals surface area (Å²) >= 11 is 0. The smallest absolute Gasteiger partial charge is 0.0946 e. The second kappa shape index (κ2) is 7.28. The average Bonchev–Trinajstić information content (AvgIpc) is 3.07. The molecule has 0 aliphatic heterocycles. The van der Waals surface area contributed by atoms with Crippen molar-refractivity contribution >= 4 is 0 Å². The minimum Gasteiger partial charge on any atom is -0.337 e. The maximum Gasteiger partial charge on any atom is 0.0946 e. The molecule has 1 atom stereocenters. The molecule has 0 fully saturated rings. The van der Waals surface area contributed by atoms with Crippen molar-refractivity contribution in [3.8, 4) is 0 Å². The lowest BCUT2D eigenvalue weighted by Crippen LogP contribution is -2.26. The van der Waals surface area contributed by atoms with Gasteiger partial charge in [0.1, 0.15) is 0 Å². The number of hydrogen-bond acceptors (Lipinski definition) is 1. The molecule has 0 aliphatic carbocycles. The molecule has 0 saturated heterocycles. The molecule has 1 aromatic heterocycles. The maximum absolute atomic E-state index is 4.19. The summed E-state index contributed by atoms with van der Waals surface area (Å²) in [6.07, 6.45) is 9.19. The van der Waals surface area contributed by atoms with Crippen LogP contribution in [-0.4, -0.2) is 9.55 Å². The molecule has 0 amide bonds. The first-order chi connectivity index (χ1) is 11.2. The second-order valence-electron chi connectivity index (χ2n) is 6.69. The number of hydrogen-bond donors (Lipinski definition) is 0. The lowest BCUT2D eigenvalue weighted by Gasteiger charge is -2.30. The average molecular weight is 304 g/mol. The summed E-state index contributed by atoms with van der Waals surface area (Å²) in [6.45, 7) is 3.39. The van der Waals surface area contributed by atoms with Gasteiger partial charge < -0.3 is 4.57 Å². The first-order valence-electron chi connectivity index (χ1n) is 8.27. The summed E-state index contributed by atoms with van der Waals surface area (Å²) in [5.74, 6) is 0. The molecular weight excluding hydrogens is 280 g/mol. The predicted molar refractivity (Wildman–Crippen MR) is 95.2 cm³/mol. The molecule has 0 N–H and O–H groups in total. The number of rotatable bonds is 7. The number of imidazole rings is 1. The van der Waals surface area contributed by atoms with Gasteiger partial charge in [-0.3, -0.25) is 0 Å². The summed E-state index contributed by atoms with van der Waals surface area (Å²) < 4.78 is 2.20. The Morgan fingerprint density at radius 1 is 0.913 bits per heavy atom. The summed E-state index contributed by atoms with van der Waals surface area (Å²) in [7, 11) is 0. The van der Waals surface area contributed by atoms with Gasteiger partial charge in [0.2, 0.25) is 0 Å². The first kappa shape index (κ1) is 15.5. The molecule has 3 aromatic rings. The topological polar surface area (TPSA) is 17.8 Å². The predicted octanol–water partition coefficient (Wildman–Crippen LogP) is 4.76. The quantitative estimate of drug-likeness (QED) is 0.615. The van der Waals surface area contributed by atoms with E-state index in [-0.39, 0.29) is 5.41 Å². The third kappa shape index (κ3) is 4.56. The van der Waals surface area contributed by atoms with Gasteiger partial charge in [-0.2, -0.15) is 0 Å². The van der Waals surface area contributed by atoms with Crippen molar-refractivity contribution in [3.05, 3.63) is 90.5 Å². The first-order valence-corrected chi connectivity index (χ1v) is 8.27. The van der Waals surface area contributed by atoms with Crippen LogP contribution in [0.5, 0.6) is 0 Å². The fraction of sp³-hybridized carbons (Fsp3) is 0.286. The standard InChI is InChI=1S/C21H24N2/c1-21(17-23-15-14-22-18-23,16-20-10-6-3-7-11-20)13-12-19-8-4-2-5-9-19/h2-11,14-15,18H,12-13,16-17H2,1H3. The van der Waals surface area contributed by atoms with Gasteiger partial charge >= 0.3 is 0 Å². The Kier molecular flexibility index (Phi) is 4.92. The highest BCUT2D eigenvalue weighted by Gasteiger charge is 2.25. The molecule has 2 nitrogen and oxygen atoms in total. The zero-order valence-corrected chi connectivity index (χ0v) is 13.7. The molecule has 118 valence electrons. The van der Waals surface area contributed by atoms with Gasteiger partial charge in [0.05, 0.1) is 6.33 Å². The van der Waals surface area contributed by atoms with E-state index < -0.39 is 0 Å². The van der Waals surface area contributed by atoms with Gasteiger partial charge in [-0.15, -0.1) is 0 Å². The highest BCUT2D eigenvalue weighted by Crippen LogP contribution is 2.30. The molecule has 3 rings (SSSR count). The summed E-state index contributed by atoms with van der Waals surface area (Å²) in [4.78, 5) is 4.19. The minimum atomic E-state index is 0.206. The molecule has 2 heteroatoms. The molecular formula is C21H24N2. The summed E-state index contributed by atoms with van der Waals surface area (Å²) in [5, 5.41) is 0. The van der Waals surface area contributed by atoms with E-state index in [0.717, 1.165) is 25.8 Å². The third-order valence-electron chi connectivity index (χ3n) is 4.46. The lowest BCUT2D eigenvalue weighted by atomic mass is 9.78. The van der Waals surface area contributed by atoms with Gasteiger partial charge in [0.15, 0.2) is 0 Å². The largest absolute Gasteiger partial charge is 0.337 e. The number of aromatic nitrogens is 2. The van der Waals surface area contributed by atoms with E-state index in [1.54, 1.807) is 0 Å². The molecule has 0 aliphatic rings. The molecule has 0 bridgehead atoms. The van der Waals surface area contributed by atoms with Crippen LogP contribution >= 0.6 is 0 Å². The van der Waals surface area contributed by atoms with Gasteiger partial charge in [-0.25, -0.2) is 4.98 Å². The van der Waals surface area contributed by atoms with E-state index in [2.05, 4.69) is 83.3 Å². The van der Waals surface area contributed by atoms with Crippen LogP contribution in [0.15, 0.2) is 79.4 Å². The van der Waals surface area contributed by atoms with Gasteiger partial charge in [0, 0.05) is 18.9 Å². The minimum absolute atomic E-state index is 0.206. The Morgan fingerprint density at radius 2 is 1.57 bits per heavy atom. The van der Waals surface area contributed by atoms with E-state index in [1.165, 1.54) is 11.1 Å². The van der Waals surface area contributed by atoms with Crippen molar-refractivity contribution in [3.63, 3.8) is 0 Å². The van der Waals surface area contributed by atoms with Crippen molar-refractivity contribution in [2.75, 3.05) is 0 Å². The monoisotopic (exact) mass is 304 g/mol. The van der Waals surface area contributed by atoms with Crippen molar-refractivity contribution in [2.45, 2.75) is 32.7 Å². The molecule has 1 heterocycles. The van der Waals surface area contributed by atoms with Crippen molar-refractivity contribution in [1.82, 2.24) is 9.55 Å². The Morgan fingerprint density at radius 3 is 2.17 bits per heavy atom. The highest BCUT2D eigenvalue weighted by atomic mass is 15.0. The van der Waals surface area contributed by atoms with Gasteiger partial charge in [-0.1, -0.05) is 67.6 Å². The van der Waals surface area contributed by atoms with E-state index in [0.29, 0.717) is 0 Å². The zero-order chi connectivity index (χ0) is 16.0.